The number of amides is 2. The van der Waals surface area contributed by atoms with Crippen LogP contribution < -0.4 is 20.1 Å². The second-order valence-corrected chi connectivity index (χ2v) is 8.74. The van der Waals surface area contributed by atoms with Crippen LogP contribution in [0.2, 0.25) is 10.0 Å². The molecule has 4 aromatic carbocycles. The first kappa shape index (κ1) is 26.7. The SMILES string of the molecule is COc1ccc(Cl)cc1C(=O)Nc1ccc(N=Nc2ccccc2)c(NC(=O)c2cc(Cl)ccc2OC)c1. The zero-order valence-electron chi connectivity index (χ0n) is 20.4. The Hall–Kier alpha value is -4.40. The fourth-order valence-corrected chi connectivity index (χ4v) is 3.85. The summed E-state index contributed by atoms with van der Waals surface area (Å²) in [5.74, 6) is -0.226. The van der Waals surface area contributed by atoms with E-state index < -0.39 is 11.8 Å². The number of ether oxygens (including phenoxy) is 2. The van der Waals surface area contributed by atoms with E-state index in [-0.39, 0.29) is 11.1 Å². The number of nitrogens with zero attached hydrogens (tertiary/aromatic N) is 2. The van der Waals surface area contributed by atoms with Crippen molar-refractivity contribution < 1.29 is 19.1 Å². The molecular weight excluding hydrogens is 527 g/mol. The number of halogens is 2. The van der Waals surface area contributed by atoms with Gasteiger partial charge in [0.25, 0.3) is 11.8 Å². The summed E-state index contributed by atoms with van der Waals surface area (Å²) in [6.45, 7) is 0. The Balaban J connectivity index is 1.68. The van der Waals surface area contributed by atoms with E-state index in [1.807, 2.05) is 18.2 Å². The number of nitrogens with one attached hydrogen (secondary N) is 2. The molecule has 10 heteroatoms. The van der Waals surface area contributed by atoms with E-state index in [1.165, 1.54) is 26.4 Å². The summed E-state index contributed by atoms with van der Waals surface area (Å²) < 4.78 is 10.6. The van der Waals surface area contributed by atoms with E-state index in [9.17, 15) is 9.59 Å². The van der Waals surface area contributed by atoms with Crippen molar-refractivity contribution in [2.24, 2.45) is 10.2 Å². The molecule has 0 aliphatic heterocycles. The number of rotatable bonds is 8. The summed E-state index contributed by atoms with van der Waals surface area (Å²) in [5.41, 5.74) is 2.16. The monoisotopic (exact) mass is 548 g/mol. The molecule has 0 saturated heterocycles. The molecule has 8 nitrogen and oxygen atoms in total. The Morgan fingerprint density at radius 3 is 1.84 bits per heavy atom. The number of methoxy groups -OCH3 is 2. The summed E-state index contributed by atoms with van der Waals surface area (Å²) in [7, 11) is 2.92. The quantitative estimate of drug-likeness (QED) is 0.218. The van der Waals surface area contributed by atoms with Crippen LogP contribution in [-0.2, 0) is 0 Å². The first-order valence-corrected chi connectivity index (χ1v) is 12.0. The van der Waals surface area contributed by atoms with Gasteiger partial charge in [-0.3, -0.25) is 9.59 Å². The number of benzene rings is 4. The molecule has 0 bridgehead atoms. The molecule has 0 fully saturated rings. The molecule has 0 atom stereocenters. The summed E-state index contributed by atoms with van der Waals surface area (Å²) in [5, 5.41) is 14.9. The summed E-state index contributed by atoms with van der Waals surface area (Å²) in [6, 6.07) is 23.4. The number of carbonyl (C=O) groups excluding carboxylic acids is 2. The lowest BCUT2D eigenvalue weighted by Crippen LogP contribution is -2.15. The molecular formula is C28H22Cl2N4O4. The highest BCUT2D eigenvalue weighted by molar-refractivity contribution is 6.31. The summed E-state index contributed by atoms with van der Waals surface area (Å²) in [6.07, 6.45) is 0. The summed E-state index contributed by atoms with van der Waals surface area (Å²) >= 11 is 12.2. The maximum Gasteiger partial charge on any atom is 0.259 e. The second-order valence-electron chi connectivity index (χ2n) is 7.86. The minimum atomic E-state index is -0.486. The zero-order chi connectivity index (χ0) is 27.1. The lowest BCUT2D eigenvalue weighted by Gasteiger charge is -2.14. The van der Waals surface area contributed by atoms with Crippen LogP contribution in [0, 0.1) is 0 Å². The molecule has 4 aromatic rings. The van der Waals surface area contributed by atoms with Gasteiger partial charge in [0.15, 0.2) is 0 Å². The van der Waals surface area contributed by atoms with Crippen LogP contribution in [0.5, 0.6) is 11.5 Å². The maximum absolute atomic E-state index is 13.2. The molecule has 0 saturated carbocycles. The minimum Gasteiger partial charge on any atom is -0.496 e. The Kier molecular flexibility index (Phi) is 8.58. The van der Waals surface area contributed by atoms with E-state index in [0.717, 1.165) is 0 Å². The number of carbonyl (C=O) groups is 2. The molecule has 2 N–H and O–H groups in total. The van der Waals surface area contributed by atoms with Gasteiger partial charge in [0.1, 0.15) is 17.2 Å². The molecule has 192 valence electrons. The number of hydrogen-bond acceptors (Lipinski definition) is 6. The third-order valence-electron chi connectivity index (χ3n) is 5.34. The molecule has 0 heterocycles. The smallest absolute Gasteiger partial charge is 0.259 e. The van der Waals surface area contributed by atoms with Crippen molar-refractivity contribution in [1.82, 2.24) is 0 Å². The van der Waals surface area contributed by atoms with Crippen molar-refractivity contribution in [1.29, 1.82) is 0 Å². The van der Waals surface area contributed by atoms with Crippen LogP contribution in [0.25, 0.3) is 0 Å². The van der Waals surface area contributed by atoms with Gasteiger partial charge in [0.05, 0.1) is 36.7 Å². The Labute approximate surface area is 229 Å². The topological polar surface area (TPSA) is 101 Å². The van der Waals surface area contributed by atoms with Crippen LogP contribution in [0.1, 0.15) is 20.7 Å². The van der Waals surface area contributed by atoms with E-state index in [1.54, 1.807) is 54.6 Å². The largest absolute Gasteiger partial charge is 0.496 e. The molecule has 2 amide bonds. The number of anilines is 2. The van der Waals surface area contributed by atoms with Gasteiger partial charge in [0, 0.05) is 15.7 Å². The van der Waals surface area contributed by atoms with Crippen LogP contribution in [0.3, 0.4) is 0 Å². The van der Waals surface area contributed by atoms with Gasteiger partial charge in [-0.25, -0.2) is 0 Å². The molecule has 0 radical (unpaired) electrons. The molecule has 0 aromatic heterocycles. The fraction of sp³-hybridized carbons (Fsp3) is 0.0714. The van der Waals surface area contributed by atoms with Gasteiger partial charge in [-0.1, -0.05) is 41.4 Å². The van der Waals surface area contributed by atoms with Gasteiger partial charge in [-0.15, -0.1) is 5.11 Å². The highest BCUT2D eigenvalue weighted by Crippen LogP contribution is 2.33. The van der Waals surface area contributed by atoms with E-state index in [0.29, 0.717) is 44.3 Å². The van der Waals surface area contributed by atoms with Crippen molar-refractivity contribution in [2.75, 3.05) is 24.9 Å². The molecule has 38 heavy (non-hydrogen) atoms. The predicted molar refractivity (Wildman–Crippen MR) is 149 cm³/mol. The van der Waals surface area contributed by atoms with Gasteiger partial charge in [0.2, 0.25) is 0 Å². The van der Waals surface area contributed by atoms with Crippen LogP contribution in [0.15, 0.2) is 95.2 Å². The van der Waals surface area contributed by atoms with Crippen molar-refractivity contribution in [2.45, 2.75) is 0 Å². The summed E-state index contributed by atoms with van der Waals surface area (Å²) in [4.78, 5) is 26.2. The van der Waals surface area contributed by atoms with Gasteiger partial charge in [-0.05, 0) is 66.7 Å². The standard InChI is InChI=1S/C28H22Cl2N4O4/c1-37-25-12-8-17(29)14-21(25)27(35)31-20-10-11-23(34-33-19-6-4-3-5-7-19)24(16-20)32-28(36)22-15-18(30)9-13-26(22)38-2/h3-16H,1-2H3,(H,31,35)(H,32,36). The Bertz CT molecular complexity index is 1510. The third-order valence-corrected chi connectivity index (χ3v) is 5.81. The first-order valence-electron chi connectivity index (χ1n) is 11.3. The Morgan fingerprint density at radius 2 is 1.26 bits per heavy atom. The molecule has 0 unspecified atom stereocenters. The van der Waals surface area contributed by atoms with E-state index in [2.05, 4.69) is 20.9 Å². The number of azo groups is 1. The van der Waals surface area contributed by atoms with Crippen molar-refractivity contribution in [3.8, 4) is 11.5 Å². The van der Waals surface area contributed by atoms with Gasteiger partial charge in [-0.2, -0.15) is 5.11 Å². The average Bonchev–Trinajstić information content (AvgIpc) is 2.93. The molecule has 0 spiro atoms. The van der Waals surface area contributed by atoms with Crippen molar-refractivity contribution in [3.05, 3.63) is 106 Å². The minimum absolute atomic E-state index is 0.226. The van der Waals surface area contributed by atoms with Crippen LogP contribution >= 0.6 is 23.2 Å². The van der Waals surface area contributed by atoms with E-state index >= 15 is 0 Å². The second kappa shape index (κ2) is 12.2. The normalized spacial score (nSPS) is 10.7. The zero-order valence-corrected chi connectivity index (χ0v) is 21.9. The van der Waals surface area contributed by atoms with Gasteiger partial charge < -0.3 is 20.1 Å². The van der Waals surface area contributed by atoms with Gasteiger partial charge >= 0.3 is 0 Å². The third kappa shape index (κ3) is 6.47. The maximum atomic E-state index is 13.2. The van der Waals surface area contributed by atoms with Crippen molar-refractivity contribution in [3.63, 3.8) is 0 Å². The lowest BCUT2D eigenvalue weighted by molar-refractivity contribution is 0.101. The van der Waals surface area contributed by atoms with E-state index in [4.69, 9.17) is 32.7 Å². The fourth-order valence-electron chi connectivity index (χ4n) is 3.51. The molecule has 0 aliphatic rings. The number of hydrogen-bond donors (Lipinski definition) is 2. The van der Waals surface area contributed by atoms with Crippen LogP contribution in [0.4, 0.5) is 22.7 Å². The highest BCUT2D eigenvalue weighted by Gasteiger charge is 2.17. The molecule has 0 aliphatic carbocycles. The molecule has 4 rings (SSSR count). The van der Waals surface area contributed by atoms with Crippen molar-refractivity contribution >= 4 is 57.8 Å². The predicted octanol–water partition coefficient (Wildman–Crippen LogP) is 7.93. The lowest BCUT2D eigenvalue weighted by atomic mass is 10.1. The van der Waals surface area contributed by atoms with Crippen LogP contribution in [-0.4, -0.2) is 26.0 Å². The average molecular weight is 549 g/mol. The first-order chi connectivity index (χ1) is 18.4. The Morgan fingerprint density at radius 1 is 0.684 bits per heavy atom. The highest BCUT2D eigenvalue weighted by atomic mass is 35.5.